The Morgan fingerprint density at radius 2 is 2.32 bits per heavy atom. The van der Waals surface area contributed by atoms with Gasteiger partial charge in [0.25, 0.3) is 0 Å². The molecule has 1 atom stereocenters. The summed E-state index contributed by atoms with van der Waals surface area (Å²) >= 11 is 0. The highest BCUT2D eigenvalue weighted by Crippen LogP contribution is 2.25. The van der Waals surface area contributed by atoms with Crippen molar-refractivity contribution in [1.82, 2.24) is 15.0 Å². The molecule has 0 saturated carbocycles. The molecule has 0 spiro atoms. The van der Waals surface area contributed by atoms with E-state index in [0.29, 0.717) is 12.2 Å². The molecule has 0 aliphatic rings. The average molecular weight is 259 g/mol. The van der Waals surface area contributed by atoms with Gasteiger partial charge >= 0.3 is 5.97 Å². The maximum atomic E-state index is 11.7. The molecule has 0 amide bonds. The Morgan fingerprint density at radius 1 is 1.53 bits per heavy atom. The molecule has 5 nitrogen and oxygen atoms in total. The van der Waals surface area contributed by atoms with Crippen molar-refractivity contribution < 1.29 is 9.53 Å². The summed E-state index contributed by atoms with van der Waals surface area (Å²) in [7, 11) is 1.39. The standard InChI is InChI=1S/C14H17N3O2/c1-4-11(14(18)19-3)13-16-9(2)12(17-13)10-6-5-7-15-8-10/h5-8,11H,4H2,1-3H3,(H,16,17). The van der Waals surface area contributed by atoms with Gasteiger partial charge in [-0.2, -0.15) is 0 Å². The highest BCUT2D eigenvalue weighted by Gasteiger charge is 2.24. The number of aromatic nitrogens is 3. The first-order valence-corrected chi connectivity index (χ1v) is 6.22. The Hall–Kier alpha value is -2.17. The van der Waals surface area contributed by atoms with Crippen LogP contribution in [0.4, 0.5) is 0 Å². The Labute approximate surface area is 112 Å². The molecular formula is C14H17N3O2. The maximum absolute atomic E-state index is 11.7. The van der Waals surface area contributed by atoms with Crippen LogP contribution in [0.1, 0.15) is 30.8 Å². The number of methoxy groups -OCH3 is 1. The van der Waals surface area contributed by atoms with Gasteiger partial charge in [-0.25, -0.2) is 4.98 Å². The van der Waals surface area contributed by atoms with Crippen LogP contribution in [0.15, 0.2) is 24.5 Å². The van der Waals surface area contributed by atoms with Crippen LogP contribution in [0.3, 0.4) is 0 Å². The Balaban J connectivity index is 2.38. The first kappa shape index (κ1) is 13.3. The summed E-state index contributed by atoms with van der Waals surface area (Å²) in [4.78, 5) is 23.5. The molecule has 0 radical (unpaired) electrons. The van der Waals surface area contributed by atoms with Crippen molar-refractivity contribution in [2.45, 2.75) is 26.2 Å². The van der Waals surface area contributed by atoms with Gasteiger partial charge in [-0.05, 0) is 25.5 Å². The lowest BCUT2D eigenvalue weighted by molar-refractivity contribution is -0.142. The number of rotatable bonds is 4. The maximum Gasteiger partial charge on any atom is 0.316 e. The van der Waals surface area contributed by atoms with Crippen LogP contribution >= 0.6 is 0 Å². The minimum atomic E-state index is -0.353. The predicted octanol–water partition coefficient (Wildman–Crippen LogP) is 2.45. The van der Waals surface area contributed by atoms with Gasteiger partial charge in [0.05, 0.1) is 12.8 Å². The number of carbonyl (C=O) groups is 1. The summed E-state index contributed by atoms with van der Waals surface area (Å²) in [5.74, 6) is 0.0220. The first-order chi connectivity index (χ1) is 9.17. The van der Waals surface area contributed by atoms with Gasteiger partial charge in [-0.15, -0.1) is 0 Å². The van der Waals surface area contributed by atoms with E-state index in [1.165, 1.54) is 7.11 Å². The first-order valence-electron chi connectivity index (χ1n) is 6.22. The number of aryl methyl sites for hydroxylation is 1. The predicted molar refractivity (Wildman–Crippen MR) is 71.6 cm³/mol. The lowest BCUT2D eigenvalue weighted by Crippen LogP contribution is -2.14. The van der Waals surface area contributed by atoms with Gasteiger partial charge in [0, 0.05) is 23.7 Å². The molecule has 100 valence electrons. The number of hydrogen-bond donors (Lipinski definition) is 1. The number of H-pyrrole nitrogens is 1. The molecule has 2 aromatic heterocycles. The molecule has 1 N–H and O–H groups in total. The zero-order valence-electron chi connectivity index (χ0n) is 11.3. The Bertz CT molecular complexity index is 563. The lowest BCUT2D eigenvalue weighted by Gasteiger charge is -2.08. The van der Waals surface area contributed by atoms with Gasteiger partial charge in [0.1, 0.15) is 11.7 Å². The molecule has 0 saturated heterocycles. The normalized spacial score (nSPS) is 12.2. The molecule has 19 heavy (non-hydrogen) atoms. The molecule has 5 heteroatoms. The van der Waals surface area contributed by atoms with E-state index in [-0.39, 0.29) is 11.9 Å². The molecule has 2 aromatic rings. The van der Waals surface area contributed by atoms with Crippen molar-refractivity contribution >= 4 is 5.97 Å². The van der Waals surface area contributed by atoms with Gasteiger partial charge in [-0.3, -0.25) is 9.78 Å². The second-order valence-electron chi connectivity index (χ2n) is 4.32. The van der Waals surface area contributed by atoms with Crippen LogP contribution in [0, 0.1) is 6.92 Å². The Morgan fingerprint density at radius 3 is 2.89 bits per heavy atom. The zero-order valence-corrected chi connectivity index (χ0v) is 11.3. The minimum Gasteiger partial charge on any atom is -0.468 e. The third-order valence-electron chi connectivity index (χ3n) is 3.06. The fourth-order valence-electron chi connectivity index (χ4n) is 2.05. The number of imidazole rings is 1. The van der Waals surface area contributed by atoms with E-state index in [4.69, 9.17) is 4.74 Å². The number of pyridine rings is 1. The van der Waals surface area contributed by atoms with Crippen molar-refractivity contribution in [2.24, 2.45) is 0 Å². The highest BCUT2D eigenvalue weighted by molar-refractivity contribution is 5.77. The van der Waals surface area contributed by atoms with E-state index in [0.717, 1.165) is 17.0 Å². The van der Waals surface area contributed by atoms with E-state index in [1.54, 1.807) is 12.4 Å². The second-order valence-corrected chi connectivity index (χ2v) is 4.32. The van der Waals surface area contributed by atoms with Crippen molar-refractivity contribution in [1.29, 1.82) is 0 Å². The third kappa shape index (κ3) is 2.65. The van der Waals surface area contributed by atoms with Crippen LogP contribution in [-0.2, 0) is 9.53 Å². The number of aromatic amines is 1. The topological polar surface area (TPSA) is 67.9 Å². The number of esters is 1. The Kier molecular flexibility index (Phi) is 3.94. The molecule has 0 aliphatic heterocycles. The van der Waals surface area contributed by atoms with Crippen molar-refractivity contribution in [3.63, 3.8) is 0 Å². The van der Waals surface area contributed by atoms with Gasteiger partial charge in [0.15, 0.2) is 0 Å². The molecule has 0 aromatic carbocycles. The van der Waals surface area contributed by atoms with Crippen LogP contribution in [0.5, 0.6) is 0 Å². The quantitative estimate of drug-likeness (QED) is 0.856. The van der Waals surface area contributed by atoms with Crippen molar-refractivity contribution in [3.8, 4) is 11.3 Å². The fourth-order valence-corrected chi connectivity index (χ4v) is 2.05. The van der Waals surface area contributed by atoms with Crippen LogP contribution in [0.2, 0.25) is 0 Å². The minimum absolute atomic E-state index is 0.269. The SMILES string of the molecule is CCC(C(=O)OC)c1nc(-c2cccnc2)c(C)[nH]1. The number of nitrogens with one attached hydrogen (secondary N) is 1. The summed E-state index contributed by atoms with van der Waals surface area (Å²) < 4.78 is 4.80. The van der Waals surface area contributed by atoms with E-state index in [9.17, 15) is 4.79 Å². The summed E-state index contributed by atoms with van der Waals surface area (Å²) in [6.07, 6.45) is 4.12. The number of nitrogens with zero attached hydrogens (tertiary/aromatic N) is 2. The monoisotopic (exact) mass is 259 g/mol. The van der Waals surface area contributed by atoms with Gasteiger partial charge < -0.3 is 9.72 Å². The van der Waals surface area contributed by atoms with Crippen LogP contribution in [0.25, 0.3) is 11.3 Å². The van der Waals surface area contributed by atoms with Crippen LogP contribution in [-0.4, -0.2) is 28.0 Å². The number of carbonyl (C=O) groups excluding carboxylic acids is 1. The van der Waals surface area contributed by atoms with Crippen LogP contribution < -0.4 is 0 Å². The van der Waals surface area contributed by atoms with Crippen molar-refractivity contribution in [3.05, 3.63) is 36.0 Å². The molecule has 0 bridgehead atoms. The lowest BCUT2D eigenvalue weighted by atomic mass is 10.1. The molecule has 0 fully saturated rings. The smallest absolute Gasteiger partial charge is 0.316 e. The fraction of sp³-hybridized carbons (Fsp3) is 0.357. The average Bonchev–Trinajstić information content (AvgIpc) is 2.82. The second kappa shape index (κ2) is 5.65. The van der Waals surface area contributed by atoms with Crippen molar-refractivity contribution in [2.75, 3.05) is 7.11 Å². The summed E-state index contributed by atoms with van der Waals surface area (Å²) in [5, 5.41) is 0. The number of hydrogen-bond acceptors (Lipinski definition) is 4. The molecule has 1 unspecified atom stereocenters. The zero-order chi connectivity index (χ0) is 13.8. The third-order valence-corrected chi connectivity index (χ3v) is 3.06. The van der Waals surface area contributed by atoms with E-state index in [1.807, 2.05) is 26.0 Å². The van der Waals surface area contributed by atoms with Gasteiger partial charge in [0.2, 0.25) is 0 Å². The van der Waals surface area contributed by atoms with E-state index < -0.39 is 0 Å². The molecular weight excluding hydrogens is 242 g/mol. The van der Waals surface area contributed by atoms with E-state index >= 15 is 0 Å². The summed E-state index contributed by atoms with van der Waals surface area (Å²) in [5.41, 5.74) is 2.68. The molecule has 2 heterocycles. The molecule has 0 aliphatic carbocycles. The summed E-state index contributed by atoms with van der Waals surface area (Å²) in [6.45, 7) is 3.87. The molecule has 2 rings (SSSR count). The van der Waals surface area contributed by atoms with E-state index in [2.05, 4.69) is 15.0 Å². The van der Waals surface area contributed by atoms with Gasteiger partial charge in [-0.1, -0.05) is 6.92 Å². The number of ether oxygens (including phenoxy) is 1. The highest BCUT2D eigenvalue weighted by atomic mass is 16.5. The summed E-state index contributed by atoms with van der Waals surface area (Å²) in [6, 6.07) is 3.81. The largest absolute Gasteiger partial charge is 0.468 e.